The third kappa shape index (κ3) is 4.57. The Labute approximate surface area is 147 Å². The molecule has 1 heterocycles. The topological polar surface area (TPSA) is 84.9 Å². The van der Waals surface area contributed by atoms with Crippen LogP contribution in [0.25, 0.3) is 0 Å². The molecule has 2 rings (SSSR count). The van der Waals surface area contributed by atoms with Gasteiger partial charge in [0.25, 0.3) is 5.91 Å². The van der Waals surface area contributed by atoms with E-state index in [9.17, 15) is 14.4 Å². The summed E-state index contributed by atoms with van der Waals surface area (Å²) >= 11 is 0. The number of rotatable bonds is 5. The molecule has 1 aromatic rings. The number of esters is 2. The van der Waals surface area contributed by atoms with Crippen molar-refractivity contribution in [2.75, 3.05) is 32.8 Å². The van der Waals surface area contributed by atoms with E-state index < -0.39 is 11.9 Å². The average Bonchev–Trinajstić information content (AvgIpc) is 2.61. The lowest BCUT2D eigenvalue weighted by Gasteiger charge is -2.34. The minimum absolute atomic E-state index is 0.0264. The first-order valence-electron chi connectivity index (χ1n) is 8.48. The number of ether oxygens (including phenoxy) is 2. The van der Waals surface area contributed by atoms with E-state index in [0.717, 1.165) is 0 Å². The van der Waals surface area contributed by atoms with E-state index in [2.05, 4.69) is 5.32 Å². The highest BCUT2D eigenvalue weighted by Gasteiger charge is 2.26. The molecule has 0 aromatic heterocycles. The number of hydrogen-bond acceptors (Lipinski definition) is 6. The standard InChI is InChI=1S/C18H24N2O5/c1-4-24-17(22)14-8-13(9-15(10-14)18(23)25-5-2)16(21)20-7-6-19-11-12(20)3/h8-10,12,19H,4-7,11H2,1-3H3/t12-/m0/s1. The molecule has 1 N–H and O–H groups in total. The Morgan fingerprint density at radius 3 is 2.04 bits per heavy atom. The Kier molecular flexibility index (Phi) is 6.52. The predicted molar refractivity (Wildman–Crippen MR) is 91.7 cm³/mol. The first-order valence-corrected chi connectivity index (χ1v) is 8.48. The molecular formula is C18H24N2O5. The largest absolute Gasteiger partial charge is 0.462 e. The van der Waals surface area contributed by atoms with Crippen molar-refractivity contribution in [3.05, 3.63) is 34.9 Å². The van der Waals surface area contributed by atoms with Gasteiger partial charge < -0.3 is 19.7 Å². The first-order chi connectivity index (χ1) is 12.0. The van der Waals surface area contributed by atoms with Crippen LogP contribution >= 0.6 is 0 Å². The van der Waals surface area contributed by atoms with Crippen molar-refractivity contribution in [2.24, 2.45) is 0 Å². The van der Waals surface area contributed by atoms with Gasteiger partial charge in [-0.2, -0.15) is 0 Å². The Hall–Kier alpha value is -2.41. The van der Waals surface area contributed by atoms with Crippen LogP contribution < -0.4 is 5.32 Å². The Bertz CT molecular complexity index is 623. The Balaban J connectivity index is 2.39. The van der Waals surface area contributed by atoms with Gasteiger partial charge in [0.05, 0.1) is 24.3 Å². The molecule has 136 valence electrons. The lowest BCUT2D eigenvalue weighted by molar-refractivity contribution is 0.0525. The van der Waals surface area contributed by atoms with Crippen LogP contribution in [0, 0.1) is 0 Å². The Morgan fingerprint density at radius 1 is 1.04 bits per heavy atom. The van der Waals surface area contributed by atoms with E-state index >= 15 is 0 Å². The van der Waals surface area contributed by atoms with Crippen molar-refractivity contribution in [2.45, 2.75) is 26.8 Å². The first kappa shape index (κ1) is 18.9. The number of amides is 1. The minimum Gasteiger partial charge on any atom is -0.462 e. The van der Waals surface area contributed by atoms with Crippen molar-refractivity contribution in [1.29, 1.82) is 0 Å². The molecule has 0 saturated carbocycles. The molecule has 0 unspecified atom stereocenters. The fourth-order valence-corrected chi connectivity index (χ4v) is 2.72. The van der Waals surface area contributed by atoms with Crippen molar-refractivity contribution < 1.29 is 23.9 Å². The molecular weight excluding hydrogens is 324 g/mol. The molecule has 1 atom stereocenters. The highest BCUT2D eigenvalue weighted by Crippen LogP contribution is 2.17. The smallest absolute Gasteiger partial charge is 0.338 e. The lowest BCUT2D eigenvalue weighted by atomic mass is 10.0. The van der Waals surface area contributed by atoms with E-state index in [0.29, 0.717) is 19.6 Å². The zero-order valence-electron chi connectivity index (χ0n) is 14.8. The van der Waals surface area contributed by atoms with E-state index in [1.807, 2.05) is 6.92 Å². The van der Waals surface area contributed by atoms with Crippen LogP contribution in [-0.4, -0.2) is 61.6 Å². The minimum atomic E-state index is -0.573. The number of benzene rings is 1. The maximum atomic E-state index is 12.9. The maximum Gasteiger partial charge on any atom is 0.338 e. The summed E-state index contributed by atoms with van der Waals surface area (Å²) in [7, 11) is 0. The molecule has 7 nitrogen and oxygen atoms in total. The maximum absolute atomic E-state index is 12.9. The number of piperazine rings is 1. The van der Waals surface area contributed by atoms with Crippen LogP contribution in [0.3, 0.4) is 0 Å². The molecule has 1 aliphatic rings. The quantitative estimate of drug-likeness (QED) is 0.811. The zero-order valence-corrected chi connectivity index (χ0v) is 14.8. The molecule has 25 heavy (non-hydrogen) atoms. The summed E-state index contributed by atoms with van der Waals surface area (Å²) in [6.07, 6.45) is 0. The second-order valence-electron chi connectivity index (χ2n) is 5.79. The van der Waals surface area contributed by atoms with Gasteiger partial charge in [0.2, 0.25) is 0 Å². The fourth-order valence-electron chi connectivity index (χ4n) is 2.72. The summed E-state index contributed by atoms with van der Waals surface area (Å²) in [5, 5.41) is 3.22. The van der Waals surface area contributed by atoms with Gasteiger partial charge in [0, 0.05) is 31.2 Å². The summed E-state index contributed by atoms with van der Waals surface area (Å²) in [6.45, 7) is 7.74. The van der Waals surface area contributed by atoms with Gasteiger partial charge in [-0.1, -0.05) is 0 Å². The van der Waals surface area contributed by atoms with E-state index in [1.165, 1.54) is 18.2 Å². The third-order valence-electron chi connectivity index (χ3n) is 3.96. The van der Waals surface area contributed by atoms with Gasteiger partial charge >= 0.3 is 11.9 Å². The van der Waals surface area contributed by atoms with Gasteiger partial charge in [-0.15, -0.1) is 0 Å². The van der Waals surface area contributed by atoms with Crippen molar-refractivity contribution in [3.63, 3.8) is 0 Å². The molecule has 0 spiro atoms. The summed E-state index contributed by atoms with van der Waals surface area (Å²) in [5.74, 6) is -1.36. The van der Waals surface area contributed by atoms with Gasteiger partial charge in [-0.05, 0) is 39.0 Å². The molecule has 1 fully saturated rings. The van der Waals surface area contributed by atoms with Crippen LogP contribution in [0.15, 0.2) is 18.2 Å². The normalized spacial score (nSPS) is 17.1. The van der Waals surface area contributed by atoms with Gasteiger partial charge in [0.15, 0.2) is 0 Å². The summed E-state index contributed by atoms with van der Waals surface area (Å²) in [6, 6.07) is 4.36. The van der Waals surface area contributed by atoms with Crippen LogP contribution in [0.2, 0.25) is 0 Å². The molecule has 1 aromatic carbocycles. The van der Waals surface area contributed by atoms with Crippen molar-refractivity contribution >= 4 is 17.8 Å². The average molecular weight is 348 g/mol. The number of hydrogen-bond donors (Lipinski definition) is 1. The summed E-state index contributed by atoms with van der Waals surface area (Å²) < 4.78 is 10.00. The molecule has 1 saturated heterocycles. The highest BCUT2D eigenvalue weighted by molar-refractivity contribution is 6.02. The summed E-state index contributed by atoms with van der Waals surface area (Å²) in [4.78, 5) is 38.8. The molecule has 1 amide bonds. The van der Waals surface area contributed by atoms with Crippen molar-refractivity contribution in [3.8, 4) is 0 Å². The molecule has 0 bridgehead atoms. The monoisotopic (exact) mass is 348 g/mol. The SMILES string of the molecule is CCOC(=O)c1cc(C(=O)OCC)cc(C(=O)N2CCNC[C@@H]2C)c1. The van der Waals surface area contributed by atoms with Crippen LogP contribution in [0.1, 0.15) is 51.8 Å². The predicted octanol–water partition coefficient (Wildman–Crippen LogP) is 1.47. The van der Waals surface area contributed by atoms with E-state index in [-0.39, 0.29) is 41.9 Å². The van der Waals surface area contributed by atoms with Crippen LogP contribution in [0.4, 0.5) is 0 Å². The Morgan fingerprint density at radius 2 is 1.56 bits per heavy atom. The zero-order chi connectivity index (χ0) is 18.4. The van der Waals surface area contributed by atoms with Gasteiger partial charge in [0.1, 0.15) is 0 Å². The molecule has 0 radical (unpaired) electrons. The van der Waals surface area contributed by atoms with Crippen LogP contribution in [-0.2, 0) is 9.47 Å². The third-order valence-corrected chi connectivity index (χ3v) is 3.96. The summed E-state index contributed by atoms with van der Waals surface area (Å²) in [5.41, 5.74) is 0.611. The van der Waals surface area contributed by atoms with Gasteiger partial charge in [-0.25, -0.2) is 9.59 Å². The molecule has 1 aliphatic heterocycles. The van der Waals surface area contributed by atoms with E-state index in [1.54, 1.807) is 18.7 Å². The lowest BCUT2D eigenvalue weighted by Crippen LogP contribution is -2.52. The second kappa shape index (κ2) is 8.62. The van der Waals surface area contributed by atoms with Gasteiger partial charge in [-0.3, -0.25) is 4.79 Å². The molecule has 0 aliphatic carbocycles. The van der Waals surface area contributed by atoms with E-state index in [4.69, 9.17) is 9.47 Å². The second-order valence-corrected chi connectivity index (χ2v) is 5.79. The molecule has 7 heteroatoms. The number of nitrogens with zero attached hydrogens (tertiary/aromatic N) is 1. The van der Waals surface area contributed by atoms with Crippen molar-refractivity contribution in [1.82, 2.24) is 10.2 Å². The van der Waals surface area contributed by atoms with Crippen LogP contribution in [0.5, 0.6) is 0 Å². The highest BCUT2D eigenvalue weighted by atomic mass is 16.5. The fraction of sp³-hybridized carbons (Fsp3) is 0.500. The number of carbonyl (C=O) groups excluding carboxylic acids is 3. The number of carbonyl (C=O) groups is 3. The number of nitrogens with one attached hydrogen (secondary N) is 1.